The van der Waals surface area contributed by atoms with Crippen molar-refractivity contribution in [1.29, 1.82) is 0 Å². The maximum atomic E-state index is 3.35. The van der Waals surface area contributed by atoms with Crippen LogP contribution >= 0.6 is 0 Å². The number of unbranched alkanes of at least 4 members (excludes halogenated alkanes) is 2. The Morgan fingerprint density at radius 2 is 1.73 bits per heavy atom. The fourth-order valence-corrected chi connectivity index (χ4v) is 1.65. The first-order valence-electron chi connectivity index (χ1n) is 5.88. The zero-order chi connectivity index (χ0) is 11.6. The van der Waals surface area contributed by atoms with Crippen molar-refractivity contribution in [2.24, 2.45) is 0 Å². The molecular formula is C14H24Si. The Morgan fingerprint density at radius 3 is 2.33 bits per heavy atom. The molecule has 15 heavy (non-hydrogen) atoms. The molecule has 0 nitrogen and oxygen atoms in total. The molecule has 0 atom stereocenters. The molecule has 0 fully saturated rings. The first kappa shape index (κ1) is 14.3. The van der Waals surface area contributed by atoms with Crippen LogP contribution in [0.5, 0.6) is 0 Å². The van der Waals surface area contributed by atoms with Crippen molar-refractivity contribution in [3.05, 3.63) is 24.3 Å². The van der Waals surface area contributed by atoms with Gasteiger partial charge in [-0.15, -0.1) is 11.5 Å². The Bertz CT molecular complexity index is 255. The van der Waals surface area contributed by atoms with Gasteiger partial charge in [0.05, 0.1) is 0 Å². The molecule has 0 aliphatic rings. The summed E-state index contributed by atoms with van der Waals surface area (Å²) in [5.74, 6) is 3.22. The fraction of sp³-hybridized carbons (Fsp3) is 0.571. The average molecular weight is 220 g/mol. The lowest BCUT2D eigenvalue weighted by Crippen LogP contribution is -2.16. The molecule has 0 aromatic rings. The highest BCUT2D eigenvalue weighted by molar-refractivity contribution is 6.83. The maximum Gasteiger partial charge on any atom is 0.129 e. The Balaban J connectivity index is 3.62. The monoisotopic (exact) mass is 220 g/mol. The van der Waals surface area contributed by atoms with E-state index in [0.717, 1.165) is 6.42 Å². The summed E-state index contributed by atoms with van der Waals surface area (Å²) in [7, 11) is -1.16. The molecule has 0 saturated carbocycles. The van der Waals surface area contributed by atoms with Crippen molar-refractivity contribution in [3.63, 3.8) is 0 Å². The van der Waals surface area contributed by atoms with Crippen LogP contribution in [0.1, 0.15) is 32.6 Å². The van der Waals surface area contributed by atoms with Crippen molar-refractivity contribution in [1.82, 2.24) is 0 Å². The highest BCUT2D eigenvalue weighted by Gasteiger charge is 2.06. The predicted octanol–water partition coefficient (Wildman–Crippen LogP) is 4.56. The van der Waals surface area contributed by atoms with Crippen LogP contribution in [-0.2, 0) is 0 Å². The van der Waals surface area contributed by atoms with E-state index in [1.165, 1.54) is 19.3 Å². The molecule has 0 bridgehead atoms. The van der Waals surface area contributed by atoms with Crippen molar-refractivity contribution in [2.75, 3.05) is 0 Å². The van der Waals surface area contributed by atoms with Crippen LogP contribution in [-0.4, -0.2) is 8.07 Å². The molecule has 0 rings (SSSR count). The molecule has 1 heteroatoms. The molecule has 0 amide bonds. The molecule has 0 aliphatic heterocycles. The van der Waals surface area contributed by atoms with Crippen LogP contribution in [0.4, 0.5) is 0 Å². The lowest BCUT2D eigenvalue weighted by atomic mass is 10.2. The normalized spacial score (nSPS) is 12.0. The number of hydrogen-bond acceptors (Lipinski definition) is 0. The van der Waals surface area contributed by atoms with Crippen molar-refractivity contribution >= 4 is 8.07 Å². The zero-order valence-electron chi connectivity index (χ0n) is 10.6. The largest absolute Gasteiger partial charge is 0.132 e. The van der Waals surface area contributed by atoms with E-state index in [1.807, 2.05) is 0 Å². The third-order valence-electron chi connectivity index (χ3n) is 1.79. The lowest BCUT2D eigenvalue weighted by Gasteiger charge is -2.02. The van der Waals surface area contributed by atoms with Gasteiger partial charge in [0.2, 0.25) is 0 Å². The minimum Gasteiger partial charge on any atom is -0.132 e. The summed E-state index contributed by atoms with van der Waals surface area (Å²) in [5, 5.41) is 0. The third-order valence-corrected chi connectivity index (χ3v) is 2.72. The standard InChI is InChI=1S/C14H24Si/c1-5-6-7-8-9-10-11-12-13-14-15(2,3)4/h8-11H,5-7,12H2,1-4H3/b9-8-,11-10-. The van der Waals surface area contributed by atoms with Gasteiger partial charge in [0, 0.05) is 6.42 Å². The van der Waals surface area contributed by atoms with Gasteiger partial charge in [-0.25, -0.2) is 0 Å². The summed E-state index contributed by atoms with van der Waals surface area (Å²) in [4.78, 5) is 0. The summed E-state index contributed by atoms with van der Waals surface area (Å²) in [6.07, 6.45) is 13.3. The van der Waals surface area contributed by atoms with Gasteiger partial charge in [-0.1, -0.05) is 63.7 Å². The Labute approximate surface area is 96.5 Å². The Hall–Kier alpha value is -0.743. The van der Waals surface area contributed by atoms with E-state index >= 15 is 0 Å². The maximum absolute atomic E-state index is 3.35. The van der Waals surface area contributed by atoms with E-state index in [-0.39, 0.29) is 0 Å². The van der Waals surface area contributed by atoms with E-state index in [9.17, 15) is 0 Å². The summed E-state index contributed by atoms with van der Waals surface area (Å²) in [5.41, 5.74) is 3.35. The van der Waals surface area contributed by atoms with E-state index in [4.69, 9.17) is 0 Å². The molecule has 0 spiro atoms. The van der Waals surface area contributed by atoms with E-state index in [2.05, 4.69) is 62.3 Å². The summed E-state index contributed by atoms with van der Waals surface area (Å²) in [6, 6.07) is 0. The number of hydrogen-bond donors (Lipinski definition) is 0. The first-order valence-corrected chi connectivity index (χ1v) is 9.38. The lowest BCUT2D eigenvalue weighted by molar-refractivity contribution is 0.815. The van der Waals surface area contributed by atoms with Crippen molar-refractivity contribution in [3.8, 4) is 11.5 Å². The van der Waals surface area contributed by atoms with Crippen LogP contribution in [0.15, 0.2) is 24.3 Å². The van der Waals surface area contributed by atoms with Gasteiger partial charge >= 0.3 is 0 Å². The SMILES string of the molecule is CCCC/C=C\C=C/CC#C[Si](C)(C)C. The molecule has 0 aromatic carbocycles. The zero-order valence-corrected chi connectivity index (χ0v) is 11.6. The Kier molecular flexibility index (Phi) is 8.13. The molecule has 0 saturated heterocycles. The van der Waals surface area contributed by atoms with Crippen molar-refractivity contribution in [2.45, 2.75) is 52.2 Å². The average Bonchev–Trinajstić information content (AvgIpc) is 2.14. The van der Waals surface area contributed by atoms with Crippen LogP contribution in [0.25, 0.3) is 0 Å². The predicted molar refractivity (Wildman–Crippen MR) is 73.5 cm³/mol. The highest BCUT2D eigenvalue weighted by Crippen LogP contribution is 1.97. The van der Waals surface area contributed by atoms with Gasteiger partial charge in [-0.05, 0) is 6.42 Å². The minimum atomic E-state index is -1.16. The van der Waals surface area contributed by atoms with Gasteiger partial charge < -0.3 is 0 Å². The second kappa shape index (κ2) is 8.56. The van der Waals surface area contributed by atoms with Crippen LogP contribution < -0.4 is 0 Å². The quantitative estimate of drug-likeness (QED) is 0.276. The van der Waals surface area contributed by atoms with Crippen LogP contribution in [0.2, 0.25) is 19.6 Å². The second-order valence-electron chi connectivity index (χ2n) is 4.75. The Morgan fingerprint density at radius 1 is 1.07 bits per heavy atom. The second-order valence-corrected chi connectivity index (χ2v) is 9.50. The molecule has 84 valence electrons. The van der Waals surface area contributed by atoms with Crippen LogP contribution in [0.3, 0.4) is 0 Å². The molecule has 0 aromatic heterocycles. The van der Waals surface area contributed by atoms with Crippen molar-refractivity contribution < 1.29 is 0 Å². The topological polar surface area (TPSA) is 0 Å². The third kappa shape index (κ3) is 13.3. The molecule has 0 aliphatic carbocycles. The van der Waals surface area contributed by atoms with Gasteiger partial charge in [-0.3, -0.25) is 0 Å². The van der Waals surface area contributed by atoms with E-state index in [1.54, 1.807) is 0 Å². The molecular weight excluding hydrogens is 196 g/mol. The summed E-state index contributed by atoms with van der Waals surface area (Å²) in [6.45, 7) is 9.03. The smallest absolute Gasteiger partial charge is 0.129 e. The van der Waals surface area contributed by atoms with Gasteiger partial charge in [0.1, 0.15) is 8.07 Å². The van der Waals surface area contributed by atoms with Gasteiger partial charge in [0.25, 0.3) is 0 Å². The minimum absolute atomic E-state index is 0.891. The highest BCUT2D eigenvalue weighted by atomic mass is 28.3. The molecule has 0 N–H and O–H groups in total. The number of rotatable bonds is 5. The first-order chi connectivity index (χ1) is 7.06. The van der Waals surface area contributed by atoms with Crippen LogP contribution in [0, 0.1) is 11.5 Å². The molecule has 0 heterocycles. The summed E-state index contributed by atoms with van der Waals surface area (Å²) < 4.78 is 0. The van der Waals surface area contributed by atoms with Gasteiger partial charge in [0.15, 0.2) is 0 Å². The fourth-order valence-electron chi connectivity index (χ4n) is 1.02. The molecule has 0 unspecified atom stereocenters. The molecule has 0 radical (unpaired) electrons. The van der Waals surface area contributed by atoms with Gasteiger partial charge in [-0.2, -0.15) is 0 Å². The van der Waals surface area contributed by atoms with E-state index < -0.39 is 8.07 Å². The summed E-state index contributed by atoms with van der Waals surface area (Å²) >= 11 is 0. The van der Waals surface area contributed by atoms with E-state index in [0.29, 0.717) is 0 Å². The number of allylic oxidation sites excluding steroid dienone is 4.